The molecule has 5 nitrogen and oxygen atoms in total. The Labute approximate surface area is 211 Å². The Morgan fingerprint density at radius 2 is 1.60 bits per heavy atom. The van der Waals surface area contributed by atoms with E-state index in [2.05, 4.69) is 46.8 Å². The maximum absolute atomic E-state index is 13.2. The van der Waals surface area contributed by atoms with Crippen molar-refractivity contribution in [3.05, 3.63) is 51.9 Å². The largest absolute Gasteiger partial charge is 0.489 e. The van der Waals surface area contributed by atoms with Gasteiger partial charge in [0.15, 0.2) is 5.75 Å². The number of benzene rings is 1. The smallest absolute Gasteiger partial charge is 0.297 e. The molecule has 0 aliphatic rings. The summed E-state index contributed by atoms with van der Waals surface area (Å²) in [6, 6.07) is 5.83. The van der Waals surface area contributed by atoms with E-state index >= 15 is 0 Å². The molecule has 0 atom stereocenters. The van der Waals surface area contributed by atoms with Crippen molar-refractivity contribution in [3.63, 3.8) is 0 Å². The zero-order chi connectivity index (χ0) is 25.6. The van der Waals surface area contributed by atoms with Crippen LogP contribution in [-0.2, 0) is 7.05 Å². The SMILES string of the molecule is CCCCCCOc1c(OCCCC)c2ccc(OC/C=C(\C)CCC=C(C)C)cc2n(C)c1=O. The Bertz CT molecular complexity index is 1040. The van der Waals surface area contributed by atoms with Gasteiger partial charge in [-0.25, -0.2) is 0 Å². The van der Waals surface area contributed by atoms with Gasteiger partial charge in [-0.2, -0.15) is 0 Å². The number of nitrogens with zero attached hydrogens (tertiary/aromatic N) is 1. The first-order valence-corrected chi connectivity index (χ1v) is 13.2. The molecule has 0 fully saturated rings. The first kappa shape index (κ1) is 28.5. The lowest BCUT2D eigenvalue weighted by Gasteiger charge is -2.17. The molecule has 2 rings (SSSR count). The van der Waals surface area contributed by atoms with Gasteiger partial charge in [0.05, 0.1) is 18.7 Å². The highest BCUT2D eigenvalue weighted by Gasteiger charge is 2.19. The van der Waals surface area contributed by atoms with Gasteiger partial charge in [-0.15, -0.1) is 0 Å². The Balaban J connectivity index is 2.24. The van der Waals surface area contributed by atoms with Crippen LogP contribution in [0.5, 0.6) is 17.2 Å². The van der Waals surface area contributed by atoms with E-state index in [1.165, 1.54) is 24.0 Å². The van der Waals surface area contributed by atoms with Crippen LogP contribution in [0.1, 0.15) is 86.0 Å². The van der Waals surface area contributed by atoms with Crippen molar-refractivity contribution in [2.45, 2.75) is 86.0 Å². The van der Waals surface area contributed by atoms with Crippen LogP contribution in [-0.4, -0.2) is 24.4 Å². The summed E-state index contributed by atoms with van der Waals surface area (Å²) in [5.74, 6) is 1.60. The van der Waals surface area contributed by atoms with Crippen LogP contribution in [0.25, 0.3) is 10.9 Å². The van der Waals surface area contributed by atoms with Gasteiger partial charge in [0.25, 0.3) is 5.56 Å². The van der Waals surface area contributed by atoms with Crippen molar-refractivity contribution < 1.29 is 14.2 Å². The average molecular weight is 484 g/mol. The summed E-state index contributed by atoms with van der Waals surface area (Å²) >= 11 is 0. The zero-order valence-electron chi connectivity index (χ0n) is 22.7. The minimum absolute atomic E-state index is 0.174. The third kappa shape index (κ3) is 9.12. The van der Waals surface area contributed by atoms with E-state index in [-0.39, 0.29) is 5.56 Å². The summed E-state index contributed by atoms with van der Waals surface area (Å²) in [4.78, 5) is 13.2. The molecular weight excluding hydrogens is 438 g/mol. The molecule has 0 amide bonds. The molecule has 2 aromatic rings. The molecule has 0 aliphatic carbocycles. The molecular formula is C30H45NO4. The minimum atomic E-state index is -0.174. The number of unbranched alkanes of at least 4 members (excludes halogenated alkanes) is 4. The summed E-state index contributed by atoms with van der Waals surface area (Å²) in [7, 11) is 1.78. The van der Waals surface area contributed by atoms with Crippen LogP contribution in [0.3, 0.4) is 0 Å². The number of hydrogen-bond acceptors (Lipinski definition) is 4. The van der Waals surface area contributed by atoms with Crippen molar-refractivity contribution in [2.24, 2.45) is 7.05 Å². The molecule has 0 saturated carbocycles. The van der Waals surface area contributed by atoms with Gasteiger partial charge in [-0.05, 0) is 64.7 Å². The van der Waals surface area contributed by atoms with Crippen molar-refractivity contribution in [2.75, 3.05) is 19.8 Å². The fourth-order valence-corrected chi connectivity index (χ4v) is 3.81. The fraction of sp³-hybridized carbons (Fsp3) is 0.567. The highest BCUT2D eigenvalue weighted by molar-refractivity contribution is 5.89. The summed E-state index contributed by atoms with van der Waals surface area (Å²) in [5.41, 5.74) is 3.26. The van der Waals surface area contributed by atoms with E-state index in [0.29, 0.717) is 31.3 Å². The molecule has 0 spiro atoms. The van der Waals surface area contributed by atoms with Gasteiger partial charge >= 0.3 is 0 Å². The molecule has 0 unspecified atom stereocenters. The third-order valence-corrected chi connectivity index (χ3v) is 6.04. The minimum Gasteiger partial charge on any atom is -0.489 e. The van der Waals surface area contributed by atoms with Crippen LogP contribution in [0, 0.1) is 0 Å². The molecule has 194 valence electrons. The molecule has 1 aromatic carbocycles. The lowest BCUT2D eigenvalue weighted by molar-refractivity contribution is 0.258. The monoisotopic (exact) mass is 483 g/mol. The Morgan fingerprint density at radius 1 is 0.886 bits per heavy atom. The number of rotatable bonds is 16. The van der Waals surface area contributed by atoms with E-state index in [0.717, 1.165) is 55.2 Å². The molecule has 0 radical (unpaired) electrons. The first-order valence-electron chi connectivity index (χ1n) is 13.2. The number of hydrogen-bond donors (Lipinski definition) is 0. The lowest BCUT2D eigenvalue weighted by atomic mass is 10.1. The second kappa shape index (κ2) is 15.3. The van der Waals surface area contributed by atoms with Crippen molar-refractivity contribution in [3.8, 4) is 17.2 Å². The van der Waals surface area contributed by atoms with Crippen molar-refractivity contribution >= 4 is 10.9 Å². The van der Waals surface area contributed by atoms with Crippen LogP contribution < -0.4 is 19.8 Å². The summed E-state index contributed by atoms with van der Waals surface area (Å²) in [6.45, 7) is 12.3. The summed E-state index contributed by atoms with van der Waals surface area (Å²) < 4.78 is 19.8. The maximum Gasteiger partial charge on any atom is 0.297 e. The van der Waals surface area contributed by atoms with E-state index in [4.69, 9.17) is 14.2 Å². The Morgan fingerprint density at radius 3 is 2.31 bits per heavy atom. The lowest BCUT2D eigenvalue weighted by Crippen LogP contribution is -2.21. The second-order valence-electron chi connectivity index (χ2n) is 9.49. The highest BCUT2D eigenvalue weighted by Crippen LogP contribution is 2.34. The van der Waals surface area contributed by atoms with E-state index in [9.17, 15) is 4.79 Å². The van der Waals surface area contributed by atoms with Gasteiger partial charge in [0.1, 0.15) is 12.4 Å². The normalized spacial score (nSPS) is 11.5. The van der Waals surface area contributed by atoms with Crippen LogP contribution in [0.4, 0.5) is 0 Å². The van der Waals surface area contributed by atoms with Gasteiger partial charge < -0.3 is 18.8 Å². The topological polar surface area (TPSA) is 49.7 Å². The van der Waals surface area contributed by atoms with E-state index < -0.39 is 0 Å². The Hall–Kier alpha value is -2.69. The maximum atomic E-state index is 13.2. The third-order valence-electron chi connectivity index (χ3n) is 6.04. The summed E-state index contributed by atoms with van der Waals surface area (Å²) in [6.07, 6.45) is 12.8. The molecule has 0 bridgehead atoms. The van der Waals surface area contributed by atoms with Crippen LogP contribution in [0.15, 0.2) is 46.3 Å². The number of fused-ring (bicyclic) bond motifs is 1. The van der Waals surface area contributed by atoms with Gasteiger partial charge in [-0.1, -0.05) is 56.8 Å². The molecule has 0 N–H and O–H groups in total. The molecule has 35 heavy (non-hydrogen) atoms. The van der Waals surface area contributed by atoms with Crippen molar-refractivity contribution in [1.82, 2.24) is 4.57 Å². The second-order valence-corrected chi connectivity index (χ2v) is 9.49. The Kier molecular flexibility index (Phi) is 12.5. The van der Waals surface area contributed by atoms with Crippen molar-refractivity contribution in [1.29, 1.82) is 0 Å². The molecule has 0 saturated heterocycles. The predicted molar refractivity (Wildman–Crippen MR) is 147 cm³/mol. The number of aryl methyl sites for hydroxylation is 1. The highest BCUT2D eigenvalue weighted by atomic mass is 16.5. The first-order chi connectivity index (χ1) is 16.9. The van der Waals surface area contributed by atoms with E-state index in [1.807, 2.05) is 18.2 Å². The molecule has 5 heteroatoms. The number of allylic oxidation sites excluding steroid dienone is 3. The molecule has 0 aliphatic heterocycles. The average Bonchev–Trinajstić information content (AvgIpc) is 2.83. The molecule has 1 aromatic heterocycles. The number of ether oxygens (including phenoxy) is 3. The summed E-state index contributed by atoms with van der Waals surface area (Å²) in [5, 5.41) is 0.868. The van der Waals surface area contributed by atoms with Gasteiger partial charge in [-0.3, -0.25) is 4.79 Å². The van der Waals surface area contributed by atoms with Gasteiger partial charge in [0.2, 0.25) is 5.75 Å². The number of aromatic nitrogens is 1. The van der Waals surface area contributed by atoms with Gasteiger partial charge in [0, 0.05) is 18.5 Å². The predicted octanol–water partition coefficient (Wildman–Crippen LogP) is 7.75. The quantitative estimate of drug-likeness (QED) is 0.181. The van der Waals surface area contributed by atoms with E-state index in [1.54, 1.807) is 11.6 Å². The molecule has 1 heterocycles. The van der Waals surface area contributed by atoms with Crippen LogP contribution in [0.2, 0.25) is 0 Å². The zero-order valence-corrected chi connectivity index (χ0v) is 22.7. The fourth-order valence-electron chi connectivity index (χ4n) is 3.81. The van der Waals surface area contributed by atoms with Crippen LogP contribution >= 0.6 is 0 Å². The standard InChI is InChI=1S/C30H45NO4/c1-7-9-11-12-20-35-29-28(34-19-10-8-2)26-17-16-25(22-27(26)31(6)30(29)32)33-21-18-24(5)15-13-14-23(3)4/h14,16-18,22H,7-13,15,19-21H2,1-6H3/b24-18+. The number of pyridine rings is 1.